The van der Waals surface area contributed by atoms with Crippen molar-refractivity contribution in [2.75, 3.05) is 5.73 Å². The quantitative estimate of drug-likeness (QED) is 0.768. The van der Waals surface area contributed by atoms with Crippen molar-refractivity contribution in [2.24, 2.45) is 0 Å². The van der Waals surface area contributed by atoms with Crippen LogP contribution in [0.4, 0.5) is 10.1 Å². The lowest BCUT2D eigenvalue weighted by atomic mass is 10.2. The van der Waals surface area contributed by atoms with E-state index in [0.717, 1.165) is 10.4 Å². The van der Waals surface area contributed by atoms with Gasteiger partial charge in [0.05, 0.1) is 17.6 Å². The Balaban J connectivity index is 1.87. The minimum Gasteiger partial charge on any atom is -0.397 e. The number of carbonyl (C=O) groups excluding carboxylic acids is 1. The number of rotatable bonds is 3. The van der Waals surface area contributed by atoms with E-state index in [1.54, 1.807) is 23.5 Å². The number of halogens is 1. The van der Waals surface area contributed by atoms with Crippen LogP contribution in [0.3, 0.4) is 0 Å². The van der Waals surface area contributed by atoms with Crippen LogP contribution in [0.1, 0.15) is 20.1 Å². The van der Waals surface area contributed by atoms with Gasteiger partial charge in [0.1, 0.15) is 10.7 Å². The molecule has 0 aliphatic rings. The first kappa shape index (κ1) is 14.0. The maximum absolute atomic E-state index is 13.8. The van der Waals surface area contributed by atoms with Crippen LogP contribution in [-0.4, -0.2) is 5.91 Å². The predicted octanol–water partition coefficient (Wildman–Crippen LogP) is 3.92. The Hall–Kier alpha value is -1.92. The van der Waals surface area contributed by atoms with Gasteiger partial charge in [0.15, 0.2) is 0 Å². The summed E-state index contributed by atoms with van der Waals surface area (Å²) in [6, 6.07) is 6.74. The van der Waals surface area contributed by atoms with Gasteiger partial charge in [-0.2, -0.15) is 0 Å². The molecule has 0 saturated heterocycles. The van der Waals surface area contributed by atoms with Crippen LogP contribution in [0.5, 0.6) is 0 Å². The fraction of sp³-hybridized carbons (Fsp3) is 0.133. The number of anilines is 1. The van der Waals surface area contributed by atoms with Gasteiger partial charge in [-0.05, 0) is 36.1 Å². The average molecular weight is 320 g/mol. The number of carbonyl (C=O) groups is 1. The van der Waals surface area contributed by atoms with E-state index in [9.17, 15) is 9.18 Å². The molecule has 0 spiro atoms. The van der Waals surface area contributed by atoms with E-state index in [-0.39, 0.29) is 11.6 Å². The van der Waals surface area contributed by atoms with Gasteiger partial charge < -0.3 is 11.1 Å². The molecule has 2 aromatic heterocycles. The molecule has 0 aliphatic carbocycles. The molecule has 3 N–H and O–H groups in total. The topological polar surface area (TPSA) is 55.1 Å². The Morgan fingerprint density at radius 3 is 2.86 bits per heavy atom. The molecule has 2 heterocycles. The second-order valence-corrected chi connectivity index (χ2v) is 6.72. The fourth-order valence-corrected chi connectivity index (χ4v) is 4.02. The first-order valence-corrected chi connectivity index (χ1v) is 8.05. The average Bonchev–Trinajstić information content (AvgIpc) is 3.01. The number of benzene rings is 1. The van der Waals surface area contributed by atoms with Crippen LogP contribution >= 0.6 is 22.7 Å². The zero-order valence-corrected chi connectivity index (χ0v) is 12.9. The van der Waals surface area contributed by atoms with Crippen molar-refractivity contribution >= 4 is 44.4 Å². The lowest BCUT2D eigenvalue weighted by molar-refractivity contribution is 0.0956. The molecule has 0 atom stereocenters. The highest BCUT2D eigenvalue weighted by Crippen LogP contribution is 2.35. The van der Waals surface area contributed by atoms with Gasteiger partial charge in [-0.25, -0.2) is 4.39 Å². The van der Waals surface area contributed by atoms with E-state index in [4.69, 9.17) is 5.73 Å². The molecule has 0 unspecified atom stereocenters. The summed E-state index contributed by atoms with van der Waals surface area (Å²) in [6.45, 7) is 2.46. The highest BCUT2D eigenvalue weighted by Gasteiger charge is 2.18. The Labute approximate surface area is 129 Å². The van der Waals surface area contributed by atoms with Gasteiger partial charge in [0, 0.05) is 9.58 Å². The second-order valence-electron chi connectivity index (χ2n) is 4.67. The molecule has 0 aliphatic heterocycles. The first-order valence-electron chi connectivity index (χ1n) is 6.35. The Morgan fingerprint density at radius 1 is 1.38 bits per heavy atom. The fourth-order valence-electron chi connectivity index (χ4n) is 2.12. The van der Waals surface area contributed by atoms with Crippen molar-refractivity contribution < 1.29 is 9.18 Å². The lowest BCUT2D eigenvalue weighted by Gasteiger charge is -2.04. The van der Waals surface area contributed by atoms with Gasteiger partial charge in [-0.15, -0.1) is 22.7 Å². The van der Waals surface area contributed by atoms with Gasteiger partial charge >= 0.3 is 0 Å². The van der Waals surface area contributed by atoms with Gasteiger partial charge in [-0.1, -0.05) is 6.07 Å². The summed E-state index contributed by atoms with van der Waals surface area (Å²) in [4.78, 5) is 13.7. The highest BCUT2D eigenvalue weighted by atomic mass is 32.1. The Bertz CT molecular complexity index is 822. The summed E-state index contributed by atoms with van der Waals surface area (Å²) in [5.74, 6) is -0.657. The maximum atomic E-state index is 13.8. The van der Waals surface area contributed by atoms with E-state index in [1.165, 1.54) is 17.4 Å². The molecular formula is C15H13FN2OS2. The van der Waals surface area contributed by atoms with Crippen LogP contribution in [0.25, 0.3) is 10.1 Å². The van der Waals surface area contributed by atoms with Crippen LogP contribution in [0, 0.1) is 12.7 Å². The van der Waals surface area contributed by atoms with Crippen LogP contribution in [0.15, 0.2) is 29.6 Å². The minimum absolute atomic E-state index is 0.216. The Morgan fingerprint density at radius 2 is 2.19 bits per heavy atom. The smallest absolute Gasteiger partial charge is 0.263 e. The second kappa shape index (κ2) is 5.46. The monoisotopic (exact) mass is 320 g/mol. The van der Waals surface area contributed by atoms with Crippen LogP contribution < -0.4 is 11.1 Å². The zero-order chi connectivity index (χ0) is 15.0. The molecular weight excluding hydrogens is 307 g/mol. The van der Waals surface area contributed by atoms with E-state index >= 15 is 0 Å². The van der Waals surface area contributed by atoms with Crippen molar-refractivity contribution in [2.45, 2.75) is 13.5 Å². The standard InChI is InChI=1S/C15H13FN2OS2/c1-8-5-6-20-11(8)7-18-15(19)14-13(17)12-9(16)3-2-4-10(12)21-14/h2-6H,7,17H2,1H3,(H,18,19). The molecule has 0 saturated carbocycles. The van der Waals surface area contributed by atoms with Crippen molar-refractivity contribution in [1.29, 1.82) is 0 Å². The van der Waals surface area contributed by atoms with Gasteiger partial charge in [-0.3, -0.25) is 4.79 Å². The number of nitrogens with two attached hydrogens (primary N) is 1. The van der Waals surface area contributed by atoms with Crippen LogP contribution in [-0.2, 0) is 6.54 Å². The summed E-state index contributed by atoms with van der Waals surface area (Å²) in [6.07, 6.45) is 0. The number of thiophene rings is 2. The molecule has 108 valence electrons. The van der Waals surface area contributed by atoms with E-state index in [1.807, 2.05) is 18.4 Å². The number of fused-ring (bicyclic) bond motifs is 1. The molecule has 0 bridgehead atoms. The van der Waals surface area contributed by atoms with Crippen LogP contribution in [0.2, 0.25) is 0 Å². The van der Waals surface area contributed by atoms with Crippen molar-refractivity contribution in [3.05, 3.63) is 50.8 Å². The number of hydrogen-bond acceptors (Lipinski definition) is 4. The summed E-state index contributed by atoms with van der Waals surface area (Å²) in [5.41, 5.74) is 7.30. The SMILES string of the molecule is Cc1ccsc1CNC(=O)c1sc2cccc(F)c2c1N. The largest absolute Gasteiger partial charge is 0.397 e. The van der Waals surface area contributed by atoms with E-state index in [2.05, 4.69) is 5.32 Å². The molecule has 6 heteroatoms. The summed E-state index contributed by atoms with van der Waals surface area (Å²) < 4.78 is 14.5. The molecule has 0 fully saturated rings. The summed E-state index contributed by atoms with van der Waals surface area (Å²) >= 11 is 2.81. The van der Waals surface area contributed by atoms with Crippen molar-refractivity contribution in [3.8, 4) is 0 Å². The van der Waals surface area contributed by atoms with E-state index < -0.39 is 5.82 Å². The molecule has 3 rings (SSSR count). The lowest BCUT2D eigenvalue weighted by Crippen LogP contribution is -2.22. The molecule has 21 heavy (non-hydrogen) atoms. The third-order valence-corrected chi connectivity index (χ3v) is 5.48. The predicted molar refractivity (Wildman–Crippen MR) is 86.4 cm³/mol. The first-order chi connectivity index (χ1) is 10.1. The zero-order valence-electron chi connectivity index (χ0n) is 11.3. The number of amides is 1. The molecule has 1 amide bonds. The molecule has 0 radical (unpaired) electrons. The molecule has 3 nitrogen and oxygen atoms in total. The maximum Gasteiger partial charge on any atom is 0.263 e. The number of aryl methyl sites for hydroxylation is 1. The number of nitrogen functional groups attached to an aromatic ring is 1. The Kier molecular flexibility index (Phi) is 3.65. The van der Waals surface area contributed by atoms with E-state index in [0.29, 0.717) is 21.5 Å². The van der Waals surface area contributed by atoms with Gasteiger partial charge in [0.25, 0.3) is 5.91 Å². The summed E-state index contributed by atoms with van der Waals surface area (Å²) in [7, 11) is 0. The van der Waals surface area contributed by atoms with Gasteiger partial charge in [0.2, 0.25) is 0 Å². The highest BCUT2D eigenvalue weighted by molar-refractivity contribution is 7.21. The summed E-state index contributed by atoms with van der Waals surface area (Å²) in [5, 5.41) is 5.16. The number of hydrogen-bond donors (Lipinski definition) is 2. The molecule has 3 aromatic rings. The normalized spacial score (nSPS) is 11.0. The third-order valence-electron chi connectivity index (χ3n) is 3.29. The number of nitrogens with one attached hydrogen (secondary N) is 1. The van der Waals surface area contributed by atoms with Crippen molar-refractivity contribution in [1.82, 2.24) is 5.32 Å². The third kappa shape index (κ3) is 2.52. The van der Waals surface area contributed by atoms with Crippen molar-refractivity contribution in [3.63, 3.8) is 0 Å². The minimum atomic E-state index is -0.394. The molecule has 1 aromatic carbocycles.